The normalized spacial score (nSPS) is 13.7. The fourth-order valence-electron chi connectivity index (χ4n) is 2.31. The lowest BCUT2D eigenvalue weighted by molar-refractivity contribution is 0.394. The molecule has 0 saturated carbocycles. The molecule has 2 aromatic rings. The average Bonchev–Trinajstić information content (AvgIpc) is 2.53. The van der Waals surface area contributed by atoms with Gasteiger partial charge in [0.2, 0.25) is 0 Å². The van der Waals surface area contributed by atoms with Crippen molar-refractivity contribution in [2.24, 2.45) is 0 Å². The zero-order chi connectivity index (χ0) is 13.9. The van der Waals surface area contributed by atoms with Crippen molar-refractivity contribution in [2.45, 2.75) is 13.0 Å². The Morgan fingerprint density at radius 3 is 2.55 bits per heavy atom. The molecular formula is C15H17N3O2. The van der Waals surface area contributed by atoms with Crippen LogP contribution in [0.25, 0.3) is 11.4 Å². The van der Waals surface area contributed by atoms with Gasteiger partial charge in [0.05, 0.1) is 19.9 Å². The maximum absolute atomic E-state index is 5.29. The molecule has 0 bridgehead atoms. The molecule has 0 unspecified atom stereocenters. The third-order valence-electron chi connectivity index (χ3n) is 3.42. The van der Waals surface area contributed by atoms with Gasteiger partial charge in [-0.15, -0.1) is 0 Å². The van der Waals surface area contributed by atoms with Crippen LogP contribution in [0.15, 0.2) is 24.4 Å². The summed E-state index contributed by atoms with van der Waals surface area (Å²) in [6.45, 7) is 1.81. The zero-order valence-corrected chi connectivity index (χ0v) is 11.6. The quantitative estimate of drug-likeness (QED) is 0.922. The van der Waals surface area contributed by atoms with Crippen molar-refractivity contribution in [3.05, 3.63) is 35.7 Å². The van der Waals surface area contributed by atoms with Crippen LogP contribution in [0.3, 0.4) is 0 Å². The third-order valence-corrected chi connectivity index (χ3v) is 3.42. The molecule has 104 valence electrons. The molecule has 0 atom stereocenters. The second kappa shape index (κ2) is 5.46. The molecule has 1 aliphatic heterocycles. The number of hydrogen-bond acceptors (Lipinski definition) is 5. The van der Waals surface area contributed by atoms with E-state index in [2.05, 4.69) is 15.3 Å². The Morgan fingerprint density at radius 2 is 1.85 bits per heavy atom. The second-order valence-electron chi connectivity index (χ2n) is 4.69. The van der Waals surface area contributed by atoms with E-state index in [0.29, 0.717) is 5.82 Å². The maximum atomic E-state index is 5.29. The van der Waals surface area contributed by atoms with Gasteiger partial charge >= 0.3 is 0 Å². The van der Waals surface area contributed by atoms with Crippen LogP contribution in [0.4, 0.5) is 0 Å². The summed E-state index contributed by atoms with van der Waals surface area (Å²) in [4.78, 5) is 9.12. The number of benzene rings is 1. The van der Waals surface area contributed by atoms with Gasteiger partial charge in [0.25, 0.3) is 0 Å². The molecule has 20 heavy (non-hydrogen) atoms. The number of ether oxygens (including phenoxy) is 2. The van der Waals surface area contributed by atoms with E-state index in [0.717, 1.165) is 42.3 Å². The van der Waals surface area contributed by atoms with Crippen molar-refractivity contribution >= 4 is 0 Å². The summed E-state index contributed by atoms with van der Waals surface area (Å²) >= 11 is 0. The summed E-state index contributed by atoms with van der Waals surface area (Å²) in [7, 11) is 3.27. The van der Waals surface area contributed by atoms with E-state index < -0.39 is 0 Å². The first kappa shape index (κ1) is 12.9. The molecule has 1 aromatic carbocycles. The number of nitrogens with zero attached hydrogens (tertiary/aromatic N) is 2. The summed E-state index contributed by atoms with van der Waals surface area (Å²) in [5, 5.41) is 3.32. The van der Waals surface area contributed by atoms with Crippen LogP contribution < -0.4 is 14.8 Å². The fourth-order valence-corrected chi connectivity index (χ4v) is 2.31. The molecule has 0 radical (unpaired) electrons. The van der Waals surface area contributed by atoms with Crippen LogP contribution in [-0.2, 0) is 13.0 Å². The first-order valence-corrected chi connectivity index (χ1v) is 6.59. The minimum atomic E-state index is 0.711. The second-order valence-corrected chi connectivity index (χ2v) is 4.69. The highest BCUT2D eigenvalue weighted by Crippen LogP contribution is 2.28. The molecule has 0 fully saturated rings. The molecule has 1 aromatic heterocycles. The van der Waals surface area contributed by atoms with Crippen molar-refractivity contribution < 1.29 is 9.47 Å². The smallest absolute Gasteiger partial charge is 0.159 e. The van der Waals surface area contributed by atoms with Crippen molar-refractivity contribution in [1.29, 1.82) is 0 Å². The standard InChI is InChI=1S/C15H17N3O2/c1-19-12-5-10(6-13(7-12)20-2)15-17-9-11-8-16-4-3-14(11)18-15/h5-7,9,16H,3-4,8H2,1-2H3. The first-order valence-electron chi connectivity index (χ1n) is 6.59. The molecule has 5 heteroatoms. The van der Waals surface area contributed by atoms with Crippen LogP contribution >= 0.6 is 0 Å². The molecule has 5 nitrogen and oxygen atoms in total. The summed E-state index contributed by atoms with van der Waals surface area (Å²) in [5.74, 6) is 2.19. The van der Waals surface area contributed by atoms with Gasteiger partial charge < -0.3 is 14.8 Å². The van der Waals surface area contributed by atoms with Gasteiger partial charge in [-0.05, 0) is 12.1 Å². The number of fused-ring (bicyclic) bond motifs is 1. The van der Waals surface area contributed by atoms with Gasteiger partial charge in [-0.25, -0.2) is 9.97 Å². The predicted molar refractivity (Wildman–Crippen MR) is 76.0 cm³/mol. The number of aromatic nitrogens is 2. The largest absolute Gasteiger partial charge is 0.497 e. The zero-order valence-electron chi connectivity index (χ0n) is 11.6. The average molecular weight is 271 g/mol. The molecule has 3 rings (SSSR count). The Bertz CT molecular complexity index is 606. The van der Waals surface area contributed by atoms with Gasteiger partial charge in [-0.1, -0.05) is 0 Å². The topological polar surface area (TPSA) is 56.3 Å². The highest BCUT2D eigenvalue weighted by Gasteiger charge is 2.13. The van der Waals surface area contributed by atoms with E-state index in [1.54, 1.807) is 14.2 Å². The van der Waals surface area contributed by atoms with Crippen molar-refractivity contribution in [3.8, 4) is 22.9 Å². The first-order chi connectivity index (χ1) is 9.80. The maximum Gasteiger partial charge on any atom is 0.159 e. The Hall–Kier alpha value is -2.14. The minimum Gasteiger partial charge on any atom is -0.497 e. The van der Waals surface area contributed by atoms with Crippen LogP contribution in [0.5, 0.6) is 11.5 Å². The Kier molecular flexibility index (Phi) is 3.52. The van der Waals surface area contributed by atoms with E-state index in [-0.39, 0.29) is 0 Å². The Labute approximate surface area is 118 Å². The van der Waals surface area contributed by atoms with E-state index in [4.69, 9.17) is 9.47 Å². The van der Waals surface area contributed by atoms with Crippen LogP contribution in [0, 0.1) is 0 Å². The van der Waals surface area contributed by atoms with Crippen molar-refractivity contribution in [3.63, 3.8) is 0 Å². The molecule has 1 N–H and O–H groups in total. The van der Waals surface area contributed by atoms with Crippen molar-refractivity contribution in [1.82, 2.24) is 15.3 Å². The number of methoxy groups -OCH3 is 2. The molecule has 0 amide bonds. The Morgan fingerprint density at radius 1 is 1.10 bits per heavy atom. The number of rotatable bonds is 3. The summed E-state index contributed by atoms with van der Waals surface area (Å²) < 4.78 is 10.6. The highest BCUT2D eigenvalue weighted by molar-refractivity contribution is 5.61. The summed E-state index contributed by atoms with van der Waals surface area (Å²) in [5.41, 5.74) is 3.20. The van der Waals surface area contributed by atoms with Crippen LogP contribution in [0.2, 0.25) is 0 Å². The van der Waals surface area contributed by atoms with Gasteiger partial charge in [-0.2, -0.15) is 0 Å². The molecule has 2 heterocycles. The van der Waals surface area contributed by atoms with Gasteiger partial charge in [0, 0.05) is 42.9 Å². The number of hydrogen-bond donors (Lipinski definition) is 1. The molecule has 0 spiro atoms. The van der Waals surface area contributed by atoms with Crippen molar-refractivity contribution in [2.75, 3.05) is 20.8 Å². The summed E-state index contributed by atoms with van der Waals surface area (Å²) in [6.07, 6.45) is 2.84. The third kappa shape index (κ3) is 2.44. The SMILES string of the molecule is COc1cc(OC)cc(-c2ncc3c(n2)CCNC3)c1. The van der Waals surface area contributed by atoms with Gasteiger partial charge in [0.1, 0.15) is 11.5 Å². The molecule has 1 aliphatic rings. The van der Waals surface area contributed by atoms with E-state index in [9.17, 15) is 0 Å². The summed E-state index contributed by atoms with van der Waals surface area (Å²) in [6, 6.07) is 5.68. The number of nitrogens with one attached hydrogen (secondary N) is 1. The lowest BCUT2D eigenvalue weighted by Gasteiger charge is -2.16. The molecular weight excluding hydrogens is 254 g/mol. The lowest BCUT2D eigenvalue weighted by Crippen LogP contribution is -2.24. The lowest BCUT2D eigenvalue weighted by atomic mass is 10.1. The van der Waals surface area contributed by atoms with E-state index in [1.807, 2.05) is 24.4 Å². The van der Waals surface area contributed by atoms with E-state index in [1.165, 1.54) is 5.56 Å². The van der Waals surface area contributed by atoms with E-state index >= 15 is 0 Å². The Balaban J connectivity index is 2.03. The van der Waals surface area contributed by atoms with Gasteiger partial charge in [0.15, 0.2) is 5.82 Å². The fraction of sp³-hybridized carbons (Fsp3) is 0.333. The van der Waals surface area contributed by atoms with Crippen LogP contribution in [-0.4, -0.2) is 30.7 Å². The molecule has 0 aliphatic carbocycles. The van der Waals surface area contributed by atoms with Crippen LogP contribution in [0.1, 0.15) is 11.3 Å². The minimum absolute atomic E-state index is 0.711. The predicted octanol–water partition coefficient (Wildman–Crippen LogP) is 1.81. The van der Waals surface area contributed by atoms with Gasteiger partial charge in [-0.3, -0.25) is 0 Å². The highest BCUT2D eigenvalue weighted by atomic mass is 16.5. The monoisotopic (exact) mass is 271 g/mol. The molecule has 0 saturated heterocycles.